The van der Waals surface area contributed by atoms with Crippen molar-refractivity contribution >= 4 is 27.2 Å². The van der Waals surface area contributed by atoms with E-state index in [1.807, 2.05) is 19.2 Å². The minimum Gasteiger partial charge on any atom is -0.310 e. The third kappa shape index (κ3) is 2.15. The van der Waals surface area contributed by atoms with Gasteiger partial charge in [0.05, 0.1) is 6.04 Å². The summed E-state index contributed by atoms with van der Waals surface area (Å²) in [6, 6.07) is 8.25. The van der Waals surface area contributed by atoms with Crippen LogP contribution in [0.1, 0.15) is 12.5 Å². The van der Waals surface area contributed by atoms with E-state index >= 15 is 0 Å². The number of hydrogen-bond donors (Lipinski definition) is 1. The van der Waals surface area contributed by atoms with Gasteiger partial charge in [0.2, 0.25) is 0 Å². The van der Waals surface area contributed by atoms with E-state index in [1.165, 1.54) is 15.6 Å². The maximum Gasteiger partial charge on any atom is 0.147 e. The van der Waals surface area contributed by atoms with Gasteiger partial charge in [0.1, 0.15) is 5.78 Å². The van der Waals surface area contributed by atoms with Crippen LogP contribution in [0.15, 0.2) is 29.6 Å². The molecule has 1 atom stereocenters. The molecule has 2 rings (SSSR count). The van der Waals surface area contributed by atoms with Crippen LogP contribution in [0.5, 0.6) is 0 Å². The van der Waals surface area contributed by atoms with Crippen LogP contribution in [0, 0.1) is 0 Å². The van der Waals surface area contributed by atoms with Crippen LogP contribution in [-0.2, 0) is 11.2 Å². The molecule has 1 aromatic heterocycles. The van der Waals surface area contributed by atoms with Crippen LogP contribution >= 0.6 is 11.3 Å². The topological polar surface area (TPSA) is 29.1 Å². The van der Waals surface area contributed by atoms with Gasteiger partial charge in [-0.1, -0.05) is 18.2 Å². The highest BCUT2D eigenvalue weighted by Crippen LogP contribution is 2.26. The van der Waals surface area contributed by atoms with Crippen molar-refractivity contribution in [2.45, 2.75) is 19.4 Å². The van der Waals surface area contributed by atoms with Gasteiger partial charge in [-0.25, -0.2) is 0 Å². The Bertz CT molecular complexity index is 503. The van der Waals surface area contributed by atoms with Crippen LogP contribution in [-0.4, -0.2) is 18.9 Å². The van der Waals surface area contributed by atoms with Crippen molar-refractivity contribution in [1.29, 1.82) is 0 Å². The molecule has 84 valence electrons. The predicted molar refractivity (Wildman–Crippen MR) is 69.1 cm³/mol. The number of benzene rings is 1. The summed E-state index contributed by atoms with van der Waals surface area (Å²) >= 11 is 1.74. The highest BCUT2D eigenvalue weighted by Gasteiger charge is 2.14. The fourth-order valence-corrected chi connectivity index (χ4v) is 2.84. The summed E-state index contributed by atoms with van der Waals surface area (Å²) in [6.45, 7) is 1.63. The minimum atomic E-state index is -0.0713. The van der Waals surface area contributed by atoms with E-state index in [-0.39, 0.29) is 11.8 Å². The second kappa shape index (κ2) is 4.76. The average molecular weight is 233 g/mol. The van der Waals surface area contributed by atoms with E-state index < -0.39 is 0 Å². The molecule has 1 heterocycles. The standard InChI is InChI=1S/C13H15NOS/c1-9(15)12(14-2)7-10-8-16-13-6-4-3-5-11(10)13/h3-6,8,12,14H,7H2,1-2H3. The van der Waals surface area contributed by atoms with Crippen LogP contribution in [0.2, 0.25) is 0 Å². The van der Waals surface area contributed by atoms with Crippen molar-refractivity contribution in [2.75, 3.05) is 7.05 Å². The van der Waals surface area contributed by atoms with Crippen molar-refractivity contribution in [3.05, 3.63) is 35.2 Å². The first-order valence-electron chi connectivity index (χ1n) is 5.35. The minimum absolute atomic E-state index is 0.0713. The number of rotatable bonds is 4. The molecule has 0 spiro atoms. The fourth-order valence-electron chi connectivity index (χ4n) is 1.86. The molecule has 0 bridgehead atoms. The molecule has 0 aliphatic carbocycles. The summed E-state index contributed by atoms with van der Waals surface area (Å²) in [5, 5.41) is 6.48. The summed E-state index contributed by atoms with van der Waals surface area (Å²) in [7, 11) is 1.83. The molecule has 0 aliphatic rings. The molecule has 1 aromatic carbocycles. The van der Waals surface area contributed by atoms with E-state index in [0.29, 0.717) is 0 Å². The summed E-state index contributed by atoms with van der Waals surface area (Å²) in [5.41, 5.74) is 1.26. The van der Waals surface area contributed by atoms with Crippen LogP contribution < -0.4 is 5.32 Å². The van der Waals surface area contributed by atoms with E-state index in [0.717, 1.165) is 6.42 Å². The second-order valence-corrected chi connectivity index (χ2v) is 4.82. The normalized spacial score (nSPS) is 12.9. The SMILES string of the molecule is CNC(Cc1csc2ccccc12)C(C)=O. The molecule has 0 saturated heterocycles. The van der Waals surface area contributed by atoms with Gasteiger partial charge in [-0.05, 0) is 42.8 Å². The number of hydrogen-bond acceptors (Lipinski definition) is 3. The van der Waals surface area contributed by atoms with Crippen molar-refractivity contribution in [3.63, 3.8) is 0 Å². The molecule has 0 radical (unpaired) electrons. The van der Waals surface area contributed by atoms with Crippen LogP contribution in [0.25, 0.3) is 10.1 Å². The molecule has 1 unspecified atom stereocenters. The van der Waals surface area contributed by atoms with E-state index in [2.05, 4.69) is 22.8 Å². The molecule has 0 amide bonds. The lowest BCUT2D eigenvalue weighted by atomic mass is 10.0. The zero-order chi connectivity index (χ0) is 11.5. The van der Waals surface area contributed by atoms with Crippen molar-refractivity contribution in [1.82, 2.24) is 5.32 Å². The third-order valence-corrected chi connectivity index (χ3v) is 3.84. The number of fused-ring (bicyclic) bond motifs is 1. The Morgan fingerprint density at radius 2 is 2.19 bits per heavy atom. The molecule has 1 N–H and O–H groups in total. The number of carbonyl (C=O) groups excluding carboxylic acids is 1. The van der Waals surface area contributed by atoms with Gasteiger partial charge in [-0.3, -0.25) is 4.79 Å². The summed E-state index contributed by atoms with van der Waals surface area (Å²) in [6.07, 6.45) is 0.774. The van der Waals surface area contributed by atoms with Gasteiger partial charge in [-0.2, -0.15) is 0 Å². The van der Waals surface area contributed by atoms with Crippen molar-refractivity contribution in [3.8, 4) is 0 Å². The van der Waals surface area contributed by atoms with E-state index in [4.69, 9.17) is 0 Å². The van der Waals surface area contributed by atoms with Crippen LogP contribution in [0.4, 0.5) is 0 Å². The smallest absolute Gasteiger partial charge is 0.147 e. The number of nitrogens with one attached hydrogen (secondary N) is 1. The maximum absolute atomic E-state index is 11.4. The van der Waals surface area contributed by atoms with E-state index in [9.17, 15) is 4.79 Å². The molecule has 0 fully saturated rings. The predicted octanol–water partition coefficient (Wildman–Crippen LogP) is 2.62. The Hall–Kier alpha value is -1.19. The Morgan fingerprint density at radius 3 is 2.88 bits per heavy atom. The summed E-state index contributed by atoms with van der Waals surface area (Å²) in [5.74, 6) is 0.192. The lowest BCUT2D eigenvalue weighted by molar-refractivity contribution is -0.118. The first-order valence-corrected chi connectivity index (χ1v) is 6.23. The van der Waals surface area contributed by atoms with Crippen molar-refractivity contribution < 1.29 is 4.79 Å². The zero-order valence-electron chi connectivity index (χ0n) is 9.49. The second-order valence-electron chi connectivity index (χ2n) is 3.91. The average Bonchev–Trinajstić information content (AvgIpc) is 2.69. The number of Topliss-reactive ketones (excluding diaryl/α,β-unsaturated/α-hetero) is 1. The van der Waals surface area contributed by atoms with Crippen molar-refractivity contribution in [2.24, 2.45) is 0 Å². The molecule has 0 saturated carbocycles. The first-order chi connectivity index (χ1) is 7.72. The third-order valence-electron chi connectivity index (χ3n) is 2.82. The van der Waals surface area contributed by atoms with Gasteiger partial charge in [0, 0.05) is 4.70 Å². The molecular formula is C13H15NOS. The summed E-state index contributed by atoms with van der Waals surface area (Å²) in [4.78, 5) is 11.4. The fraction of sp³-hybridized carbons (Fsp3) is 0.308. The molecule has 2 nitrogen and oxygen atoms in total. The Morgan fingerprint density at radius 1 is 1.44 bits per heavy atom. The number of ketones is 1. The Labute approximate surface area is 99.3 Å². The Balaban J connectivity index is 2.30. The summed E-state index contributed by atoms with van der Waals surface area (Å²) < 4.78 is 1.29. The lowest BCUT2D eigenvalue weighted by Crippen LogP contribution is -2.34. The molecule has 0 aliphatic heterocycles. The molecule has 16 heavy (non-hydrogen) atoms. The number of thiophene rings is 1. The van der Waals surface area contributed by atoms with E-state index in [1.54, 1.807) is 18.3 Å². The zero-order valence-corrected chi connectivity index (χ0v) is 10.3. The maximum atomic E-state index is 11.4. The highest BCUT2D eigenvalue weighted by molar-refractivity contribution is 7.17. The molecular weight excluding hydrogens is 218 g/mol. The quantitative estimate of drug-likeness (QED) is 0.879. The van der Waals surface area contributed by atoms with Crippen LogP contribution in [0.3, 0.4) is 0 Å². The number of carbonyl (C=O) groups is 1. The lowest BCUT2D eigenvalue weighted by Gasteiger charge is -2.11. The van der Waals surface area contributed by atoms with Gasteiger partial charge in [0.25, 0.3) is 0 Å². The molecule has 2 aromatic rings. The highest BCUT2D eigenvalue weighted by atomic mass is 32.1. The monoisotopic (exact) mass is 233 g/mol. The van der Waals surface area contributed by atoms with Gasteiger partial charge < -0.3 is 5.32 Å². The first kappa shape index (κ1) is 11.3. The van der Waals surface area contributed by atoms with Gasteiger partial charge in [-0.15, -0.1) is 11.3 Å². The Kier molecular flexibility index (Phi) is 3.36. The van der Waals surface area contributed by atoms with Gasteiger partial charge in [0.15, 0.2) is 0 Å². The number of likely N-dealkylation sites (N-methyl/N-ethyl adjacent to an activating group) is 1. The molecule has 3 heteroatoms. The largest absolute Gasteiger partial charge is 0.310 e. The van der Waals surface area contributed by atoms with Gasteiger partial charge >= 0.3 is 0 Å².